The normalized spacial score (nSPS) is 11.6. The van der Waals surface area contributed by atoms with E-state index in [9.17, 15) is 30.7 Å². The highest BCUT2D eigenvalue weighted by Gasteiger charge is 2.41. The standard InChI is InChI=1S/C24H19F7O2/c1-4-5-32-15-6-12(2)21(13(3)7-15)14-8-17(25)22(18(26)9-14)24(30,31)33-16-10-19(27)23(29)20(28)11-16/h6-11H,4-5H2,1-3H3. The van der Waals surface area contributed by atoms with Crippen LogP contribution in [0.5, 0.6) is 11.5 Å². The molecule has 0 saturated heterocycles. The summed E-state index contributed by atoms with van der Waals surface area (Å²) in [5.41, 5.74) is -0.119. The smallest absolute Gasteiger partial charge is 0.432 e. The molecule has 9 heteroatoms. The summed E-state index contributed by atoms with van der Waals surface area (Å²) in [5.74, 6) is -9.35. The van der Waals surface area contributed by atoms with E-state index in [2.05, 4.69) is 4.74 Å². The highest BCUT2D eigenvalue weighted by atomic mass is 19.3. The number of aryl methyl sites for hydroxylation is 2. The van der Waals surface area contributed by atoms with E-state index in [4.69, 9.17) is 4.74 Å². The molecule has 0 spiro atoms. The molecule has 3 aromatic rings. The molecule has 176 valence electrons. The van der Waals surface area contributed by atoms with Crippen LogP contribution in [0, 0.1) is 42.9 Å². The van der Waals surface area contributed by atoms with Crippen molar-refractivity contribution in [3.8, 4) is 22.6 Å². The number of hydrogen-bond donors (Lipinski definition) is 0. The minimum atomic E-state index is -4.65. The number of alkyl halides is 2. The monoisotopic (exact) mass is 472 g/mol. The predicted octanol–water partition coefficient (Wildman–Crippen LogP) is 7.58. The summed E-state index contributed by atoms with van der Waals surface area (Å²) in [7, 11) is 0. The van der Waals surface area contributed by atoms with Crippen LogP contribution in [0.3, 0.4) is 0 Å². The van der Waals surface area contributed by atoms with Gasteiger partial charge >= 0.3 is 6.11 Å². The van der Waals surface area contributed by atoms with E-state index in [0.717, 1.165) is 6.42 Å². The molecular formula is C24H19F7O2. The van der Waals surface area contributed by atoms with Crippen LogP contribution in [0.15, 0.2) is 36.4 Å². The van der Waals surface area contributed by atoms with Crippen molar-refractivity contribution in [3.05, 3.63) is 82.2 Å². The number of rotatable bonds is 7. The van der Waals surface area contributed by atoms with Gasteiger partial charge in [-0.25, -0.2) is 22.0 Å². The van der Waals surface area contributed by atoms with Gasteiger partial charge in [-0.3, -0.25) is 0 Å². The Morgan fingerprint density at radius 3 is 1.73 bits per heavy atom. The highest BCUT2D eigenvalue weighted by molar-refractivity contribution is 5.72. The maximum Gasteiger partial charge on any atom is 0.432 e. The van der Waals surface area contributed by atoms with Gasteiger partial charge in [0, 0.05) is 12.1 Å². The Morgan fingerprint density at radius 2 is 1.24 bits per heavy atom. The molecule has 0 unspecified atom stereocenters. The third kappa shape index (κ3) is 5.07. The van der Waals surface area contributed by atoms with Gasteiger partial charge in [-0.1, -0.05) is 6.92 Å². The third-order valence-electron chi connectivity index (χ3n) is 4.80. The second-order valence-corrected chi connectivity index (χ2v) is 7.42. The molecule has 0 saturated carbocycles. The maximum absolute atomic E-state index is 14.7. The van der Waals surface area contributed by atoms with Gasteiger partial charge in [-0.15, -0.1) is 0 Å². The average Bonchev–Trinajstić information content (AvgIpc) is 2.68. The first-order valence-electron chi connectivity index (χ1n) is 9.90. The number of ether oxygens (including phenoxy) is 2. The SMILES string of the molecule is CCCOc1cc(C)c(-c2cc(F)c(C(F)(F)Oc3cc(F)c(F)c(F)c3)c(F)c2)c(C)c1. The van der Waals surface area contributed by atoms with Gasteiger partial charge in [0.15, 0.2) is 17.5 Å². The van der Waals surface area contributed by atoms with Gasteiger partial charge in [-0.05, 0) is 66.8 Å². The Kier molecular flexibility index (Phi) is 6.90. The fourth-order valence-electron chi connectivity index (χ4n) is 3.47. The summed E-state index contributed by atoms with van der Waals surface area (Å²) in [6.07, 6.45) is -3.86. The first-order valence-corrected chi connectivity index (χ1v) is 9.90. The lowest BCUT2D eigenvalue weighted by Gasteiger charge is -2.21. The van der Waals surface area contributed by atoms with E-state index in [0.29, 0.717) is 41.2 Å². The van der Waals surface area contributed by atoms with E-state index >= 15 is 0 Å². The van der Waals surface area contributed by atoms with Crippen molar-refractivity contribution in [3.63, 3.8) is 0 Å². The lowest BCUT2D eigenvalue weighted by molar-refractivity contribution is -0.189. The van der Waals surface area contributed by atoms with Crippen LogP contribution in [0.25, 0.3) is 11.1 Å². The number of hydrogen-bond acceptors (Lipinski definition) is 2. The minimum absolute atomic E-state index is 0.000428. The van der Waals surface area contributed by atoms with E-state index in [1.165, 1.54) is 0 Å². The summed E-state index contributed by atoms with van der Waals surface area (Å²) >= 11 is 0. The molecule has 0 fully saturated rings. The zero-order valence-corrected chi connectivity index (χ0v) is 17.8. The highest BCUT2D eigenvalue weighted by Crippen LogP contribution is 2.39. The van der Waals surface area contributed by atoms with Crippen molar-refractivity contribution in [2.24, 2.45) is 0 Å². The van der Waals surface area contributed by atoms with Gasteiger partial charge in [-0.2, -0.15) is 8.78 Å². The second kappa shape index (κ2) is 9.33. The molecule has 0 aliphatic rings. The van der Waals surface area contributed by atoms with Crippen LogP contribution in [-0.4, -0.2) is 6.61 Å². The topological polar surface area (TPSA) is 18.5 Å². The Morgan fingerprint density at radius 1 is 0.727 bits per heavy atom. The molecule has 0 atom stereocenters. The Hall–Kier alpha value is -3.23. The van der Waals surface area contributed by atoms with E-state index in [-0.39, 0.29) is 17.7 Å². The van der Waals surface area contributed by atoms with Crippen LogP contribution in [0.1, 0.15) is 30.0 Å². The second-order valence-electron chi connectivity index (χ2n) is 7.42. The number of halogens is 7. The van der Waals surface area contributed by atoms with Crippen molar-refractivity contribution < 1.29 is 40.2 Å². The first kappa shape index (κ1) is 24.4. The van der Waals surface area contributed by atoms with E-state index < -0.39 is 46.5 Å². The van der Waals surface area contributed by atoms with Crippen LogP contribution < -0.4 is 9.47 Å². The molecule has 0 amide bonds. The lowest BCUT2D eigenvalue weighted by atomic mass is 9.94. The van der Waals surface area contributed by atoms with E-state index in [1.807, 2.05) is 6.92 Å². The molecule has 33 heavy (non-hydrogen) atoms. The van der Waals surface area contributed by atoms with E-state index in [1.54, 1.807) is 26.0 Å². The molecule has 0 radical (unpaired) electrons. The predicted molar refractivity (Wildman–Crippen MR) is 108 cm³/mol. The molecule has 3 aromatic carbocycles. The summed E-state index contributed by atoms with van der Waals surface area (Å²) in [5, 5.41) is 0. The Labute approximate surface area is 185 Å². The zero-order chi connectivity index (χ0) is 24.5. The minimum Gasteiger partial charge on any atom is -0.494 e. The van der Waals surface area contributed by atoms with Crippen LogP contribution >= 0.6 is 0 Å². The van der Waals surface area contributed by atoms with Crippen LogP contribution in [-0.2, 0) is 6.11 Å². The number of benzene rings is 3. The van der Waals surface area contributed by atoms with Crippen molar-refractivity contribution >= 4 is 0 Å². The molecular weight excluding hydrogens is 453 g/mol. The van der Waals surface area contributed by atoms with Crippen LogP contribution in [0.4, 0.5) is 30.7 Å². The van der Waals surface area contributed by atoms with Crippen molar-refractivity contribution in [2.75, 3.05) is 6.61 Å². The van der Waals surface area contributed by atoms with Crippen molar-refractivity contribution in [1.82, 2.24) is 0 Å². The average molecular weight is 472 g/mol. The largest absolute Gasteiger partial charge is 0.494 e. The molecule has 3 rings (SSSR count). The van der Waals surface area contributed by atoms with Gasteiger partial charge in [0.05, 0.1) is 6.61 Å². The molecule has 0 N–H and O–H groups in total. The fraction of sp³-hybridized carbons (Fsp3) is 0.250. The molecule has 2 nitrogen and oxygen atoms in total. The van der Waals surface area contributed by atoms with Crippen molar-refractivity contribution in [1.29, 1.82) is 0 Å². The molecule has 0 heterocycles. The van der Waals surface area contributed by atoms with Crippen LogP contribution in [0.2, 0.25) is 0 Å². The van der Waals surface area contributed by atoms with Gasteiger partial charge in [0.2, 0.25) is 0 Å². The summed E-state index contributed by atoms with van der Waals surface area (Å²) in [6, 6.07) is 5.04. The molecule has 0 aliphatic heterocycles. The molecule has 0 bridgehead atoms. The fourth-order valence-corrected chi connectivity index (χ4v) is 3.47. The summed E-state index contributed by atoms with van der Waals surface area (Å²) < 4.78 is 108. The lowest BCUT2D eigenvalue weighted by Crippen LogP contribution is -2.25. The molecule has 0 aliphatic carbocycles. The van der Waals surface area contributed by atoms with Crippen molar-refractivity contribution in [2.45, 2.75) is 33.3 Å². The van der Waals surface area contributed by atoms with Gasteiger partial charge < -0.3 is 9.47 Å². The van der Waals surface area contributed by atoms with Gasteiger partial charge in [0.25, 0.3) is 0 Å². The zero-order valence-electron chi connectivity index (χ0n) is 17.8. The maximum atomic E-state index is 14.7. The summed E-state index contributed by atoms with van der Waals surface area (Å²) in [4.78, 5) is 0. The first-order chi connectivity index (χ1) is 15.4. The summed E-state index contributed by atoms with van der Waals surface area (Å²) in [6.45, 7) is 5.78. The third-order valence-corrected chi connectivity index (χ3v) is 4.80. The Bertz CT molecular complexity index is 1120. The molecule has 0 aromatic heterocycles. The quantitative estimate of drug-likeness (QED) is 0.261. The van der Waals surface area contributed by atoms with Gasteiger partial charge in [0.1, 0.15) is 28.7 Å². The Balaban J connectivity index is 1.99.